The molecule has 1 saturated heterocycles. The first kappa shape index (κ1) is 23.0. The second-order valence-corrected chi connectivity index (χ2v) is 8.13. The van der Waals surface area contributed by atoms with Gasteiger partial charge in [-0.3, -0.25) is 14.5 Å². The molecule has 1 aliphatic heterocycles. The molecule has 7 heteroatoms. The van der Waals surface area contributed by atoms with Gasteiger partial charge in [0.15, 0.2) is 0 Å². The van der Waals surface area contributed by atoms with Crippen molar-refractivity contribution in [2.24, 2.45) is 0 Å². The number of methoxy groups -OCH3 is 2. The molecule has 4 rings (SSSR count). The number of hydrogen-bond donors (Lipinski definition) is 1. The van der Waals surface area contributed by atoms with Gasteiger partial charge in [-0.1, -0.05) is 18.2 Å². The van der Waals surface area contributed by atoms with Crippen LogP contribution in [-0.4, -0.2) is 31.0 Å². The Hall–Kier alpha value is -4.13. The monoisotopic (exact) mass is 461 g/mol. The number of aryl methyl sites for hydroxylation is 2. The third kappa shape index (κ3) is 4.01. The minimum absolute atomic E-state index is 0.0144. The first-order chi connectivity index (χ1) is 16.2. The van der Waals surface area contributed by atoms with Crippen molar-refractivity contribution in [1.82, 2.24) is 0 Å². The van der Waals surface area contributed by atoms with Gasteiger partial charge in [-0.15, -0.1) is 0 Å². The summed E-state index contributed by atoms with van der Waals surface area (Å²) < 4.78 is 24.6. The SMILES string of the molecule is COc1ccc(C2/C(=C(\O)c3cc(F)ccc3OC)C(=O)C(=O)N2c2cc(C)cc(C)c2)cc1. The fourth-order valence-corrected chi connectivity index (χ4v) is 4.30. The number of benzene rings is 3. The van der Waals surface area contributed by atoms with Crippen LogP contribution in [0.4, 0.5) is 10.1 Å². The van der Waals surface area contributed by atoms with Crippen LogP contribution in [0, 0.1) is 19.7 Å². The van der Waals surface area contributed by atoms with E-state index in [2.05, 4.69) is 0 Å². The highest BCUT2D eigenvalue weighted by Crippen LogP contribution is 2.44. The number of carbonyl (C=O) groups excluding carboxylic acids is 2. The molecule has 1 fully saturated rings. The maximum absolute atomic E-state index is 14.1. The molecule has 3 aromatic rings. The molecule has 0 saturated carbocycles. The summed E-state index contributed by atoms with van der Waals surface area (Å²) in [6, 6.07) is 15.1. The van der Waals surface area contributed by atoms with Crippen molar-refractivity contribution in [2.75, 3.05) is 19.1 Å². The number of amides is 1. The van der Waals surface area contributed by atoms with E-state index in [1.165, 1.54) is 31.3 Å². The second-order valence-electron chi connectivity index (χ2n) is 8.13. The summed E-state index contributed by atoms with van der Waals surface area (Å²) in [7, 11) is 2.91. The molecule has 1 amide bonds. The zero-order chi connectivity index (χ0) is 24.6. The van der Waals surface area contributed by atoms with Crippen LogP contribution >= 0.6 is 0 Å². The van der Waals surface area contributed by atoms with Gasteiger partial charge in [0.25, 0.3) is 11.7 Å². The van der Waals surface area contributed by atoms with Gasteiger partial charge in [0.2, 0.25) is 0 Å². The number of anilines is 1. The zero-order valence-corrected chi connectivity index (χ0v) is 19.3. The molecule has 3 aromatic carbocycles. The lowest BCUT2D eigenvalue weighted by Gasteiger charge is -2.26. The quantitative estimate of drug-likeness (QED) is 0.326. The van der Waals surface area contributed by atoms with Gasteiger partial charge in [0.05, 0.1) is 31.4 Å². The van der Waals surface area contributed by atoms with Crippen molar-refractivity contribution in [3.8, 4) is 11.5 Å². The van der Waals surface area contributed by atoms with Gasteiger partial charge >= 0.3 is 0 Å². The molecule has 0 radical (unpaired) electrons. The summed E-state index contributed by atoms with van der Waals surface area (Å²) in [5.74, 6) is -2.02. The molecule has 0 aromatic heterocycles. The van der Waals surface area contributed by atoms with E-state index in [-0.39, 0.29) is 16.9 Å². The first-order valence-corrected chi connectivity index (χ1v) is 10.6. The summed E-state index contributed by atoms with van der Waals surface area (Å²) >= 11 is 0. The molecular weight excluding hydrogens is 437 g/mol. The summed E-state index contributed by atoms with van der Waals surface area (Å²) in [6.45, 7) is 3.79. The Kier molecular flexibility index (Phi) is 6.11. The molecule has 1 N–H and O–H groups in total. The smallest absolute Gasteiger partial charge is 0.300 e. The van der Waals surface area contributed by atoms with Crippen molar-refractivity contribution in [1.29, 1.82) is 0 Å². The van der Waals surface area contributed by atoms with Gasteiger partial charge < -0.3 is 14.6 Å². The predicted octanol–water partition coefficient (Wildman–Crippen LogP) is 5.09. The van der Waals surface area contributed by atoms with Crippen LogP contribution in [-0.2, 0) is 9.59 Å². The highest BCUT2D eigenvalue weighted by Gasteiger charge is 2.47. The van der Waals surface area contributed by atoms with Crippen molar-refractivity contribution < 1.29 is 28.6 Å². The molecule has 1 unspecified atom stereocenters. The van der Waals surface area contributed by atoms with Crippen LogP contribution in [0.1, 0.15) is 28.3 Å². The van der Waals surface area contributed by atoms with Crippen molar-refractivity contribution in [3.63, 3.8) is 0 Å². The number of ketones is 1. The number of rotatable bonds is 5. The molecule has 1 heterocycles. The Labute approximate surface area is 196 Å². The van der Waals surface area contributed by atoms with Crippen LogP contribution in [0.5, 0.6) is 11.5 Å². The van der Waals surface area contributed by atoms with Crippen molar-refractivity contribution >= 4 is 23.1 Å². The Morgan fingerprint density at radius 2 is 1.56 bits per heavy atom. The molecule has 0 aliphatic carbocycles. The Morgan fingerprint density at radius 3 is 2.15 bits per heavy atom. The number of ether oxygens (including phenoxy) is 2. The number of Topliss-reactive ketones (excluding diaryl/α,β-unsaturated/α-hetero) is 1. The van der Waals surface area contributed by atoms with Crippen LogP contribution < -0.4 is 14.4 Å². The van der Waals surface area contributed by atoms with Gasteiger partial charge in [-0.05, 0) is 73.0 Å². The molecule has 1 atom stereocenters. The van der Waals surface area contributed by atoms with E-state index in [4.69, 9.17) is 9.47 Å². The van der Waals surface area contributed by atoms with Crippen molar-refractivity contribution in [3.05, 3.63) is 94.3 Å². The van der Waals surface area contributed by atoms with E-state index >= 15 is 0 Å². The fraction of sp³-hybridized carbons (Fsp3) is 0.185. The van der Waals surface area contributed by atoms with Gasteiger partial charge in [-0.2, -0.15) is 0 Å². The molecule has 1 aliphatic rings. The van der Waals surface area contributed by atoms with Crippen LogP contribution in [0.25, 0.3) is 5.76 Å². The Morgan fingerprint density at radius 1 is 0.912 bits per heavy atom. The summed E-state index contributed by atoms with van der Waals surface area (Å²) in [5.41, 5.74) is 2.76. The molecule has 0 spiro atoms. The van der Waals surface area contributed by atoms with E-state index in [9.17, 15) is 19.1 Å². The van der Waals surface area contributed by atoms with E-state index in [0.29, 0.717) is 17.0 Å². The number of halogens is 1. The highest BCUT2D eigenvalue weighted by atomic mass is 19.1. The lowest BCUT2D eigenvalue weighted by molar-refractivity contribution is -0.132. The van der Waals surface area contributed by atoms with Crippen LogP contribution in [0.3, 0.4) is 0 Å². The predicted molar refractivity (Wildman–Crippen MR) is 127 cm³/mol. The summed E-state index contributed by atoms with van der Waals surface area (Å²) in [5, 5.41) is 11.3. The number of nitrogens with zero attached hydrogens (tertiary/aromatic N) is 1. The average molecular weight is 461 g/mol. The van der Waals surface area contributed by atoms with E-state index in [1.54, 1.807) is 36.4 Å². The first-order valence-electron chi connectivity index (χ1n) is 10.6. The van der Waals surface area contributed by atoms with Gasteiger partial charge in [0, 0.05) is 5.69 Å². The number of hydrogen-bond acceptors (Lipinski definition) is 5. The zero-order valence-electron chi connectivity index (χ0n) is 19.3. The third-order valence-electron chi connectivity index (χ3n) is 5.78. The molecular formula is C27H24FNO5. The lowest BCUT2D eigenvalue weighted by Crippen LogP contribution is -2.29. The normalized spacial score (nSPS) is 17.2. The number of aliphatic hydroxyl groups is 1. The molecule has 0 bridgehead atoms. The second kappa shape index (κ2) is 9.02. The van der Waals surface area contributed by atoms with E-state index in [0.717, 1.165) is 17.2 Å². The maximum Gasteiger partial charge on any atom is 0.300 e. The molecule has 174 valence electrons. The summed E-state index contributed by atoms with van der Waals surface area (Å²) in [4.78, 5) is 28.0. The van der Waals surface area contributed by atoms with E-state index in [1.807, 2.05) is 19.9 Å². The number of carbonyl (C=O) groups is 2. The number of aliphatic hydroxyl groups excluding tert-OH is 1. The molecule has 6 nitrogen and oxygen atoms in total. The fourth-order valence-electron chi connectivity index (χ4n) is 4.30. The lowest BCUT2D eigenvalue weighted by atomic mass is 9.94. The van der Waals surface area contributed by atoms with Crippen LogP contribution in [0.15, 0.2) is 66.2 Å². The average Bonchev–Trinajstić information content (AvgIpc) is 3.08. The maximum atomic E-state index is 14.1. The highest BCUT2D eigenvalue weighted by molar-refractivity contribution is 6.51. The Bertz CT molecular complexity index is 1290. The van der Waals surface area contributed by atoms with Crippen molar-refractivity contribution in [2.45, 2.75) is 19.9 Å². The van der Waals surface area contributed by atoms with Gasteiger partial charge in [0.1, 0.15) is 23.1 Å². The minimum atomic E-state index is -0.944. The van der Waals surface area contributed by atoms with Gasteiger partial charge in [-0.25, -0.2) is 4.39 Å². The topological polar surface area (TPSA) is 76.1 Å². The van der Waals surface area contributed by atoms with Crippen LogP contribution in [0.2, 0.25) is 0 Å². The largest absolute Gasteiger partial charge is 0.507 e. The standard InChI is InChI=1S/C27H24FNO5/c1-15-11-16(2)13-19(12-15)29-24(17-5-8-20(33-3)9-6-17)23(26(31)27(29)32)25(30)21-14-18(28)7-10-22(21)34-4/h5-14,24,30H,1-4H3/b25-23+. The molecule has 34 heavy (non-hydrogen) atoms. The third-order valence-corrected chi connectivity index (χ3v) is 5.78. The summed E-state index contributed by atoms with van der Waals surface area (Å²) in [6.07, 6.45) is 0. The minimum Gasteiger partial charge on any atom is -0.507 e. The van der Waals surface area contributed by atoms with E-state index < -0.39 is 29.3 Å². The Balaban J connectivity index is 1.99.